The van der Waals surface area contributed by atoms with E-state index in [1.807, 2.05) is 6.07 Å². The highest BCUT2D eigenvalue weighted by molar-refractivity contribution is 7.89. The van der Waals surface area contributed by atoms with Gasteiger partial charge in [-0.1, -0.05) is 12.1 Å². The predicted octanol–water partition coefficient (Wildman–Crippen LogP) is 1.52. The van der Waals surface area contributed by atoms with E-state index in [1.54, 1.807) is 6.07 Å². The lowest BCUT2D eigenvalue weighted by molar-refractivity contribution is 0.597. The first-order chi connectivity index (χ1) is 9.45. The molecule has 0 atom stereocenters. The minimum absolute atomic E-state index is 0.0341. The highest BCUT2D eigenvalue weighted by atomic mass is 32.2. The molecule has 1 heterocycles. The first-order valence-electron chi connectivity index (χ1n) is 5.92. The molecule has 0 fully saturated rings. The van der Waals surface area contributed by atoms with E-state index in [4.69, 9.17) is 5.14 Å². The summed E-state index contributed by atoms with van der Waals surface area (Å²) < 4.78 is 35.1. The van der Waals surface area contributed by atoms with Crippen LogP contribution in [-0.4, -0.2) is 19.9 Å². The minimum Gasteiger partial charge on any atom is -0.370 e. The molecule has 0 radical (unpaired) electrons. The highest BCUT2D eigenvalue weighted by Crippen LogP contribution is 2.09. The van der Waals surface area contributed by atoms with Gasteiger partial charge in [0.05, 0.1) is 0 Å². The molecule has 0 bridgehead atoms. The number of primary sulfonamides is 1. The number of nitrogens with one attached hydrogen (secondary N) is 1. The van der Waals surface area contributed by atoms with Crippen molar-refractivity contribution < 1.29 is 12.8 Å². The number of benzene rings is 1. The SMILES string of the molecule is NS(=O)(=O)c1ccc(NCCc2cccc(F)c2)nc1. The topological polar surface area (TPSA) is 85.1 Å². The second kappa shape index (κ2) is 5.98. The molecule has 0 saturated carbocycles. The zero-order chi connectivity index (χ0) is 14.6. The van der Waals surface area contributed by atoms with E-state index in [1.165, 1.54) is 30.5 Å². The quantitative estimate of drug-likeness (QED) is 0.876. The number of hydrogen-bond acceptors (Lipinski definition) is 4. The summed E-state index contributed by atoms with van der Waals surface area (Å²) in [5.74, 6) is 0.270. The van der Waals surface area contributed by atoms with Gasteiger partial charge >= 0.3 is 0 Å². The molecule has 0 amide bonds. The van der Waals surface area contributed by atoms with E-state index in [2.05, 4.69) is 10.3 Å². The number of nitrogens with zero attached hydrogens (tertiary/aromatic N) is 1. The Morgan fingerprint density at radius 1 is 1.25 bits per heavy atom. The van der Waals surface area contributed by atoms with E-state index in [-0.39, 0.29) is 10.7 Å². The third kappa shape index (κ3) is 4.01. The summed E-state index contributed by atoms with van der Waals surface area (Å²) in [4.78, 5) is 3.92. The van der Waals surface area contributed by atoms with Crippen LogP contribution in [0.15, 0.2) is 47.5 Å². The Morgan fingerprint density at radius 2 is 2.05 bits per heavy atom. The maximum absolute atomic E-state index is 13.0. The summed E-state index contributed by atoms with van der Waals surface area (Å²) in [6, 6.07) is 9.27. The molecule has 0 aliphatic carbocycles. The Hall–Kier alpha value is -1.99. The molecule has 20 heavy (non-hydrogen) atoms. The summed E-state index contributed by atoms with van der Waals surface area (Å²) in [6.45, 7) is 0.561. The van der Waals surface area contributed by atoms with Crippen LogP contribution in [0.3, 0.4) is 0 Å². The molecule has 2 rings (SSSR count). The molecule has 0 unspecified atom stereocenters. The Morgan fingerprint density at radius 3 is 2.65 bits per heavy atom. The molecule has 0 spiro atoms. The van der Waals surface area contributed by atoms with Crippen LogP contribution in [-0.2, 0) is 16.4 Å². The van der Waals surface area contributed by atoms with Gasteiger partial charge in [-0.15, -0.1) is 0 Å². The minimum atomic E-state index is -3.72. The van der Waals surface area contributed by atoms with Crippen LogP contribution in [0.5, 0.6) is 0 Å². The summed E-state index contributed by atoms with van der Waals surface area (Å²) in [7, 11) is -3.72. The van der Waals surface area contributed by atoms with Crippen molar-refractivity contribution in [2.45, 2.75) is 11.3 Å². The molecular weight excluding hydrogens is 281 g/mol. The maximum atomic E-state index is 13.0. The maximum Gasteiger partial charge on any atom is 0.239 e. The molecule has 7 heteroatoms. The normalized spacial score (nSPS) is 11.3. The fourth-order valence-corrected chi connectivity index (χ4v) is 2.14. The summed E-state index contributed by atoms with van der Waals surface area (Å²) >= 11 is 0. The van der Waals surface area contributed by atoms with Gasteiger partial charge in [0.1, 0.15) is 16.5 Å². The fourth-order valence-electron chi connectivity index (χ4n) is 1.68. The average Bonchev–Trinajstić information content (AvgIpc) is 2.38. The van der Waals surface area contributed by atoms with Gasteiger partial charge in [0.2, 0.25) is 10.0 Å². The zero-order valence-corrected chi connectivity index (χ0v) is 11.4. The van der Waals surface area contributed by atoms with Crippen molar-refractivity contribution in [1.29, 1.82) is 0 Å². The van der Waals surface area contributed by atoms with Crippen molar-refractivity contribution >= 4 is 15.8 Å². The molecule has 1 aromatic heterocycles. The number of sulfonamides is 1. The first-order valence-corrected chi connectivity index (χ1v) is 7.47. The summed E-state index contributed by atoms with van der Waals surface area (Å²) in [5.41, 5.74) is 0.874. The number of pyridine rings is 1. The van der Waals surface area contributed by atoms with Gasteiger partial charge < -0.3 is 5.32 Å². The van der Waals surface area contributed by atoms with Crippen molar-refractivity contribution in [3.63, 3.8) is 0 Å². The van der Waals surface area contributed by atoms with Crippen molar-refractivity contribution in [1.82, 2.24) is 4.98 Å². The Balaban J connectivity index is 1.92. The fraction of sp³-hybridized carbons (Fsp3) is 0.154. The van der Waals surface area contributed by atoms with Crippen LogP contribution >= 0.6 is 0 Å². The lowest BCUT2D eigenvalue weighted by Crippen LogP contribution is -2.13. The lowest BCUT2D eigenvalue weighted by Gasteiger charge is -2.06. The molecule has 106 valence electrons. The van der Waals surface area contributed by atoms with Gasteiger partial charge in [-0.2, -0.15) is 0 Å². The standard InChI is InChI=1S/C13H14FN3O2S/c14-11-3-1-2-10(8-11)6-7-16-13-5-4-12(9-17-13)20(15,18)19/h1-5,8-9H,6-7H2,(H,16,17)(H2,15,18,19). The van der Waals surface area contributed by atoms with Crippen LogP contribution in [0.1, 0.15) is 5.56 Å². The van der Waals surface area contributed by atoms with Gasteiger partial charge in [0.15, 0.2) is 0 Å². The number of anilines is 1. The Bertz CT molecular complexity index is 687. The second-order valence-corrected chi connectivity index (χ2v) is 5.79. The second-order valence-electron chi connectivity index (χ2n) is 4.23. The van der Waals surface area contributed by atoms with Gasteiger partial charge in [0, 0.05) is 12.7 Å². The monoisotopic (exact) mass is 295 g/mol. The van der Waals surface area contributed by atoms with Gasteiger partial charge in [-0.25, -0.2) is 22.9 Å². The Labute approximate surface area is 116 Å². The van der Waals surface area contributed by atoms with Crippen molar-refractivity contribution in [3.05, 3.63) is 54.0 Å². The van der Waals surface area contributed by atoms with Crippen molar-refractivity contribution in [2.24, 2.45) is 5.14 Å². The molecule has 0 aliphatic rings. The predicted molar refractivity (Wildman–Crippen MR) is 74.2 cm³/mol. The van der Waals surface area contributed by atoms with E-state index >= 15 is 0 Å². The van der Waals surface area contributed by atoms with Gasteiger partial charge in [-0.05, 0) is 36.2 Å². The molecule has 1 aromatic carbocycles. The zero-order valence-electron chi connectivity index (χ0n) is 10.6. The molecular formula is C13H14FN3O2S. The average molecular weight is 295 g/mol. The number of aromatic nitrogens is 1. The van der Waals surface area contributed by atoms with E-state index in [0.717, 1.165) is 5.56 Å². The van der Waals surface area contributed by atoms with Crippen LogP contribution in [0.25, 0.3) is 0 Å². The highest BCUT2D eigenvalue weighted by Gasteiger charge is 2.07. The van der Waals surface area contributed by atoms with Crippen molar-refractivity contribution in [2.75, 3.05) is 11.9 Å². The summed E-state index contributed by atoms with van der Waals surface area (Å²) in [5, 5.41) is 8.00. The molecule has 2 aromatic rings. The number of rotatable bonds is 5. The number of hydrogen-bond donors (Lipinski definition) is 2. The van der Waals surface area contributed by atoms with E-state index in [9.17, 15) is 12.8 Å². The number of halogens is 1. The van der Waals surface area contributed by atoms with Gasteiger partial charge in [0.25, 0.3) is 0 Å². The molecule has 0 saturated heterocycles. The third-order valence-electron chi connectivity index (χ3n) is 2.67. The summed E-state index contributed by atoms with van der Waals surface area (Å²) in [6.07, 6.45) is 1.83. The van der Waals surface area contributed by atoms with Gasteiger partial charge in [-0.3, -0.25) is 0 Å². The molecule has 5 nitrogen and oxygen atoms in total. The van der Waals surface area contributed by atoms with Crippen LogP contribution < -0.4 is 10.5 Å². The smallest absolute Gasteiger partial charge is 0.239 e. The molecule has 3 N–H and O–H groups in total. The molecule has 0 aliphatic heterocycles. The van der Waals surface area contributed by atoms with Crippen molar-refractivity contribution in [3.8, 4) is 0 Å². The van der Waals surface area contributed by atoms with Crippen LogP contribution in [0.2, 0.25) is 0 Å². The van der Waals surface area contributed by atoms with E-state index < -0.39 is 10.0 Å². The van der Waals surface area contributed by atoms with E-state index in [0.29, 0.717) is 18.8 Å². The van der Waals surface area contributed by atoms with Crippen LogP contribution in [0.4, 0.5) is 10.2 Å². The first kappa shape index (κ1) is 14.4. The number of nitrogens with two attached hydrogens (primary N) is 1. The lowest BCUT2D eigenvalue weighted by atomic mass is 10.1. The third-order valence-corrected chi connectivity index (χ3v) is 3.57. The largest absolute Gasteiger partial charge is 0.370 e. The Kier molecular flexibility index (Phi) is 4.31. The van der Waals surface area contributed by atoms with Crippen LogP contribution in [0, 0.1) is 5.82 Å².